The molecular weight excluding hydrogens is 210 g/mol. The highest BCUT2D eigenvalue weighted by Gasteiger charge is 2.10. The third kappa shape index (κ3) is 4.50. The summed E-state index contributed by atoms with van der Waals surface area (Å²) in [7, 11) is 0. The van der Waals surface area contributed by atoms with Gasteiger partial charge in [0.05, 0.1) is 5.69 Å². The van der Waals surface area contributed by atoms with Crippen LogP contribution in [-0.2, 0) is 6.42 Å². The van der Waals surface area contributed by atoms with Crippen molar-refractivity contribution in [2.75, 3.05) is 6.54 Å². The number of hydrogen-bond acceptors (Lipinski definition) is 2. The van der Waals surface area contributed by atoms with E-state index in [2.05, 4.69) is 55.1 Å². The zero-order chi connectivity index (χ0) is 12.7. The van der Waals surface area contributed by atoms with Gasteiger partial charge in [-0.05, 0) is 38.8 Å². The second-order valence-electron chi connectivity index (χ2n) is 4.81. The molecule has 0 aliphatic carbocycles. The average Bonchev–Trinajstić information content (AvgIpc) is 2.81. The van der Waals surface area contributed by atoms with Crippen LogP contribution in [0.4, 0.5) is 0 Å². The molecule has 0 aromatic carbocycles. The van der Waals surface area contributed by atoms with Gasteiger partial charge in [-0.1, -0.05) is 20.8 Å². The van der Waals surface area contributed by atoms with Crippen molar-refractivity contribution < 1.29 is 0 Å². The molecule has 2 atom stereocenters. The van der Waals surface area contributed by atoms with Gasteiger partial charge in [-0.25, -0.2) is 0 Å². The lowest BCUT2D eigenvalue weighted by Crippen LogP contribution is -2.31. The lowest BCUT2D eigenvalue weighted by Gasteiger charge is -2.15. The van der Waals surface area contributed by atoms with Crippen molar-refractivity contribution in [2.45, 2.75) is 65.5 Å². The second kappa shape index (κ2) is 7.49. The zero-order valence-corrected chi connectivity index (χ0v) is 11.7. The molecule has 17 heavy (non-hydrogen) atoms. The predicted octanol–water partition coefficient (Wildman–Crippen LogP) is 3.17. The molecule has 1 rings (SSSR count). The second-order valence-corrected chi connectivity index (χ2v) is 4.81. The maximum absolute atomic E-state index is 4.65. The van der Waals surface area contributed by atoms with Gasteiger partial charge < -0.3 is 5.32 Å². The number of nitrogens with one attached hydrogen (secondary N) is 1. The van der Waals surface area contributed by atoms with Crippen LogP contribution < -0.4 is 5.32 Å². The Hall–Kier alpha value is -0.830. The van der Waals surface area contributed by atoms with E-state index >= 15 is 0 Å². The molecule has 0 bridgehead atoms. The van der Waals surface area contributed by atoms with E-state index < -0.39 is 0 Å². The van der Waals surface area contributed by atoms with Crippen molar-refractivity contribution >= 4 is 0 Å². The lowest BCUT2D eigenvalue weighted by atomic mass is 10.1. The molecule has 1 aromatic rings. The maximum atomic E-state index is 4.65. The fourth-order valence-corrected chi connectivity index (χ4v) is 1.88. The van der Waals surface area contributed by atoms with E-state index in [4.69, 9.17) is 0 Å². The first-order valence-corrected chi connectivity index (χ1v) is 6.98. The normalized spacial score (nSPS) is 14.8. The summed E-state index contributed by atoms with van der Waals surface area (Å²) < 4.78 is 2.09. The smallest absolute Gasteiger partial charge is 0.0640 e. The molecule has 0 saturated heterocycles. The Morgan fingerprint density at radius 1 is 1.29 bits per heavy atom. The zero-order valence-electron chi connectivity index (χ0n) is 11.7. The SMILES string of the molecule is CCCNC(CC)Cc1ccn(C(C)CC)n1. The first kappa shape index (κ1) is 14.2. The Kier molecular flexibility index (Phi) is 6.27. The fourth-order valence-electron chi connectivity index (χ4n) is 1.88. The molecule has 2 unspecified atom stereocenters. The molecule has 0 radical (unpaired) electrons. The standard InChI is InChI=1S/C14H27N3/c1-5-9-15-13(7-3)11-14-8-10-17(16-14)12(4)6-2/h8,10,12-13,15H,5-7,9,11H2,1-4H3. The Morgan fingerprint density at radius 2 is 2.06 bits per heavy atom. The van der Waals surface area contributed by atoms with Crippen LogP contribution in [0.5, 0.6) is 0 Å². The number of rotatable bonds is 8. The van der Waals surface area contributed by atoms with Gasteiger partial charge in [0.1, 0.15) is 0 Å². The number of nitrogens with zero attached hydrogens (tertiary/aromatic N) is 2. The van der Waals surface area contributed by atoms with E-state index in [9.17, 15) is 0 Å². The molecule has 0 aliphatic rings. The van der Waals surface area contributed by atoms with Crippen LogP contribution in [0.15, 0.2) is 12.3 Å². The summed E-state index contributed by atoms with van der Waals surface area (Å²) in [5, 5.41) is 8.22. The molecule has 3 nitrogen and oxygen atoms in total. The number of aromatic nitrogens is 2. The van der Waals surface area contributed by atoms with Crippen molar-refractivity contribution in [1.29, 1.82) is 0 Å². The minimum atomic E-state index is 0.507. The van der Waals surface area contributed by atoms with Gasteiger partial charge >= 0.3 is 0 Å². The number of hydrogen-bond donors (Lipinski definition) is 1. The Labute approximate surface area is 106 Å². The van der Waals surface area contributed by atoms with E-state index in [1.807, 2.05) is 0 Å². The van der Waals surface area contributed by atoms with Crippen LogP contribution in [0.1, 0.15) is 58.7 Å². The average molecular weight is 237 g/mol. The molecule has 0 amide bonds. The quantitative estimate of drug-likeness (QED) is 0.752. The van der Waals surface area contributed by atoms with Crippen LogP contribution in [0.25, 0.3) is 0 Å². The van der Waals surface area contributed by atoms with Crippen molar-refractivity contribution in [3.8, 4) is 0 Å². The third-order valence-corrected chi connectivity index (χ3v) is 3.34. The first-order valence-electron chi connectivity index (χ1n) is 6.98. The molecule has 98 valence electrons. The molecule has 0 fully saturated rings. The Bertz CT molecular complexity index is 306. The Balaban J connectivity index is 2.52. The maximum Gasteiger partial charge on any atom is 0.0640 e. The lowest BCUT2D eigenvalue weighted by molar-refractivity contribution is 0.458. The topological polar surface area (TPSA) is 29.9 Å². The van der Waals surface area contributed by atoms with Crippen LogP contribution in [0.3, 0.4) is 0 Å². The van der Waals surface area contributed by atoms with Gasteiger partial charge in [-0.15, -0.1) is 0 Å². The van der Waals surface area contributed by atoms with Gasteiger partial charge in [-0.3, -0.25) is 4.68 Å². The molecule has 3 heteroatoms. The van der Waals surface area contributed by atoms with E-state index in [0.29, 0.717) is 12.1 Å². The van der Waals surface area contributed by atoms with Crippen LogP contribution in [-0.4, -0.2) is 22.4 Å². The summed E-state index contributed by atoms with van der Waals surface area (Å²) in [5.74, 6) is 0. The highest BCUT2D eigenvalue weighted by molar-refractivity contribution is 5.02. The van der Waals surface area contributed by atoms with Gasteiger partial charge in [-0.2, -0.15) is 5.10 Å². The van der Waals surface area contributed by atoms with E-state index in [-0.39, 0.29) is 0 Å². The van der Waals surface area contributed by atoms with Gasteiger partial charge in [0.15, 0.2) is 0 Å². The van der Waals surface area contributed by atoms with Gasteiger partial charge in [0, 0.05) is 24.7 Å². The summed E-state index contributed by atoms with van der Waals surface area (Å²) in [4.78, 5) is 0. The summed E-state index contributed by atoms with van der Waals surface area (Å²) in [5.41, 5.74) is 1.21. The molecular formula is C14H27N3. The summed E-state index contributed by atoms with van der Waals surface area (Å²) >= 11 is 0. The van der Waals surface area contributed by atoms with Gasteiger partial charge in [0.25, 0.3) is 0 Å². The van der Waals surface area contributed by atoms with Gasteiger partial charge in [0.2, 0.25) is 0 Å². The van der Waals surface area contributed by atoms with Crippen molar-refractivity contribution in [2.24, 2.45) is 0 Å². The first-order chi connectivity index (χ1) is 8.21. The monoisotopic (exact) mass is 237 g/mol. The molecule has 1 N–H and O–H groups in total. The van der Waals surface area contributed by atoms with Crippen LogP contribution in [0.2, 0.25) is 0 Å². The van der Waals surface area contributed by atoms with Crippen LogP contribution >= 0.6 is 0 Å². The molecule has 0 spiro atoms. The summed E-state index contributed by atoms with van der Waals surface area (Å²) in [6.07, 6.45) is 6.64. The van der Waals surface area contributed by atoms with E-state index in [1.165, 1.54) is 12.1 Å². The highest BCUT2D eigenvalue weighted by Crippen LogP contribution is 2.11. The summed E-state index contributed by atoms with van der Waals surface area (Å²) in [6.45, 7) is 9.95. The molecule has 1 heterocycles. The molecule has 0 aliphatic heterocycles. The fraction of sp³-hybridized carbons (Fsp3) is 0.786. The molecule has 1 aromatic heterocycles. The molecule has 0 saturated carbocycles. The summed E-state index contributed by atoms with van der Waals surface area (Å²) in [6, 6.07) is 3.23. The Morgan fingerprint density at radius 3 is 2.65 bits per heavy atom. The van der Waals surface area contributed by atoms with E-state index in [0.717, 1.165) is 25.8 Å². The minimum Gasteiger partial charge on any atom is -0.314 e. The predicted molar refractivity (Wildman–Crippen MR) is 73.3 cm³/mol. The van der Waals surface area contributed by atoms with Crippen molar-refractivity contribution in [3.05, 3.63) is 18.0 Å². The van der Waals surface area contributed by atoms with Crippen molar-refractivity contribution in [1.82, 2.24) is 15.1 Å². The van der Waals surface area contributed by atoms with E-state index in [1.54, 1.807) is 0 Å². The highest BCUT2D eigenvalue weighted by atomic mass is 15.3. The minimum absolute atomic E-state index is 0.507. The third-order valence-electron chi connectivity index (χ3n) is 3.34. The van der Waals surface area contributed by atoms with Crippen LogP contribution in [0, 0.1) is 0 Å². The van der Waals surface area contributed by atoms with Crippen molar-refractivity contribution in [3.63, 3.8) is 0 Å². The largest absolute Gasteiger partial charge is 0.314 e.